The third-order valence-corrected chi connectivity index (χ3v) is 7.31. The molecule has 172 valence electrons. The van der Waals surface area contributed by atoms with Crippen LogP contribution < -0.4 is 14.5 Å². The molecule has 3 heterocycles. The lowest BCUT2D eigenvalue weighted by Gasteiger charge is -2.23. The van der Waals surface area contributed by atoms with Crippen molar-refractivity contribution in [2.45, 2.75) is 13.0 Å². The first-order chi connectivity index (χ1) is 16.5. The monoisotopic (exact) mass is 492 g/mol. The number of hydrogen-bond donors (Lipinski definition) is 0. The van der Waals surface area contributed by atoms with Gasteiger partial charge in [-0.2, -0.15) is 0 Å². The lowest BCUT2D eigenvalue weighted by Crippen LogP contribution is -2.37. The summed E-state index contributed by atoms with van der Waals surface area (Å²) in [6.07, 6.45) is 3.55. The Labute approximate surface area is 205 Å². The van der Waals surface area contributed by atoms with E-state index in [0.29, 0.717) is 28.0 Å². The van der Waals surface area contributed by atoms with Gasteiger partial charge in [0, 0.05) is 31.0 Å². The third-order valence-electron chi connectivity index (χ3n) is 5.77. The first-order valence-electron chi connectivity index (χ1n) is 10.7. The Morgan fingerprint density at radius 2 is 2.03 bits per heavy atom. The van der Waals surface area contributed by atoms with Crippen molar-refractivity contribution in [3.8, 4) is 5.75 Å². The van der Waals surface area contributed by atoms with E-state index in [4.69, 9.17) is 21.3 Å². The van der Waals surface area contributed by atoms with Gasteiger partial charge in [0.25, 0.3) is 0 Å². The van der Waals surface area contributed by atoms with Crippen molar-refractivity contribution in [3.63, 3.8) is 0 Å². The molecule has 1 aliphatic rings. The molecule has 2 aromatic heterocycles. The first-order valence-corrected chi connectivity index (χ1v) is 11.9. The summed E-state index contributed by atoms with van der Waals surface area (Å²) in [5.41, 5.74) is 2.25. The van der Waals surface area contributed by atoms with Crippen LogP contribution in [0.25, 0.3) is 10.2 Å². The van der Waals surface area contributed by atoms with Crippen LogP contribution in [0.4, 0.5) is 10.8 Å². The number of fused-ring (bicyclic) bond motifs is 1. The van der Waals surface area contributed by atoms with Gasteiger partial charge in [0.05, 0.1) is 29.3 Å². The summed E-state index contributed by atoms with van der Waals surface area (Å²) in [6, 6.07) is 16.7. The lowest BCUT2D eigenvalue weighted by molar-refractivity contribution is -0.124. The second kappa shape index (κ2) is 9.40. The van der Waals surface area contributed by atoms with Crippen molar-refractivity contribution in [3.05, 3.63) is 77.6 Å². The number of rotatable bonds is 6. The van der Waals surface area contributed by atoms with Crippen LogP contribution in [0.3, 0.4) is 0 Å². The van der Waals surface area contributed by atoms with Crippen LogP contribution in [0.2, 0.25) is 5.02 Å². The summed E-state index contributed by atoms with van der Waals surface area (Å²) in [4.78, 5) is 38.8. The molecular weight excluding hydrogens is 472 g/mol. The van der Waals surface area contributed by atoms with E-state index in [9.17, 15) is 9.59 Å². The summed E-state index contributed by atoms with van der Waals surface area (Å²) in [5, 5.41) is 1.04. The Morgan fingerprint density at radius 1 is 1.21 bits per heavy atom. The number of carbonyl (C=O) groups excluding carboxylic acids is 2. The highest BCUT2D eigenvalue weighted by Crippen LogP contribution is 2.40. The first kappa shape index (κ1) is 22.3. The fourth-order valence-electron chi connectivity index (χ4n) is 4.09. The predicted molar refractivity (Wildman–Crippen MR) is 134 cm³/mol. The number of aromatic nitrogens is 2. The van der Waals surface area contributed by atoms with Gasteiger partial charge in [-0.1, -0.05) is 47.2 Å². The van der Waals surface area contributed by atoms with Gasteiger partial charge in [-0.25, -0.2) is 4.98 Å². The molecule has 0 N–H and O–H groups in total. The van der Waals surface area contributed by atoms with Crippen molar-refractivity contribution in [2.75, 3.05) is 23.5 Å². The van der Waals surface area contributed by atoms with Crippen LogP contribution in [0.15, 0.2) is 67.0 Å². The molecule has 2 amide bonds. The lowest BCUT2D eigenvalue weighted by atomic mass is 10.1. The fourth-order valence-corrected chi connectivity index (χ4v) is 5.35. The Hall–Kier alpha value is -3.49. The van der Waals surface area contributed by atoms with Gasteiger partial charge in [0.15, 0.2) is 5.13 Å². The summed E-state index contributed by atoms with van der Waals surface area (Å²) < 4.78 is 6.20. The number of anilines is 2. The number of hydrogen-bond acceptors (Lipinski definition) is 6. The van der Waals surface area contributed by atoms with E-state index in [2.05, 4.69) is 4.98 Å². The number of halogens is 1. The van der Waals surface area contributed by atoms with E-state index in [-0.39, 0.29) is 24.8 Å². The molecule has 0 spiro atoms. The quantitative estimate of drug-likeness (QED) is 0.381. The van der Waals surface area contributed by atoms with E-state index >= 15 is 0 Å². The molecule has 0 radical (unpaired) electrons. The Morgan fingerprint density at radius 3 is 2.76 bits per heavy atom. The molecule has 0 aliphatic carbocycles. The number of para-hydroxylation sites is 1. The van der Waals surface area contributed by atoms with Gasteiger partial charge in [0.1, 0.15) is 11.3 Å². The topological polar surface area (TPSA) is 75.6 Å². The number of carbonyl (C=O) groups is 2. The normalized spacial score (nSPS) is 15.6. The molecule has 4 aromatic rings. The van der Waals surface area contributed by atoms with Crippen molar-refractivity contribution in [2.24, 2.45) is 5.92 Å². The third kappa shape index (κ3) is 4.22. The minimum Gasteiger partial charge on any atom is -0.494 e. The highest BCUT2D eigenvalue weighted by molar-refractivity contribution is 7.23. The molecule has 5 rings (SSSR count). The Kier molecular flexibility index (Phi) is 6.17. The molecule has 0 bridgehead atoms. The number of amides is 2. The van der Waals surface area contributed by atoms with Crippen LogP contribution in [0, 0.1) is 5.92 Å². The second-order valence-corrected chi connectivity index (χ2v) is 9.34. The summed E-state index contributed by atoms with van der Waals surface area (Å²) in [7, 11) is 1.57. The van der Waals surface area contributed by atoms with Crippen molar-refractivity contribution >= 4 is 55.8 Å². The van der Waals surface area contributed by atoms with E-state index in [0.717, 1.165) is 16.0 Å². The number of ether oxygens (including phenoxy) is 1. The molecule has 1 atom stereocenters. The molecule has 1 fully saturated rings. The van der Waals surface area contributed by atoms with E-state index in [1.165, 1.54) is 11.3 Å². The minimum absolute atomic E-state index is 0.0695. The fraction of sp³-hybridized carbons (Fsp3) is 0.200. The van der Waals surface area contributed by atoms with Crippen molar-refractivity contribution in [1.29, 1.82) is 0 Å². The summed E-state index contributed by atoms with van der Waals surface area (Å²) in [6.45, 7) is 0.600. The molecule has 2 aromatic carbocycles. The maximum atomic E-state index is 13.8. The van der Waals surface area contributed by atoms with Crippen LogP contribution >= 0.6 is 22.9 Å². The van der Waals surface area contributed by atoms with Gasteiger partial charge in [0.2, 0.25) is 11.8 Å². The standard InChI is InChI=1S/C25H21ClN4O3S/c1-33-20-10-9-19(26)23-22(20)28-25(34-23)30(14-16-6-5-11-27-13-16)24(32)17-12-21(31)29(15-17)18-7-3-2-4-8-18/h2-11,13,17H,12,14-15H2,1H3. The average molecular weight is 493 g/mol. The van der Waals surface area contributed by atoms with Crippen LogP contribution in [0.1, 0.15) is 12.0 Å². The van der Waals surface area contributed by atoms with Gasteiger partial charge < -0.3 is 9.64 Å². The van der Waals surface area contributed by atoms with Gasteiger partial charge in [-0.05, 0) is 35.9 Å². The Balaban J connectivity index is 1.51. The molecule has 1 unspecified atom stereocenters. The second-order valence-electron chi connectivity index (χ2n) is 7.95. The zero-order valence-electron chi connectivity index (χ0n) is 18.3. The van der Waals surface area contributed by atoms with Crippen molar-refractivity contribution < 1.29 is 14.3 Å². The highest BCUT2D eigenvalue weighted by Gasteiger charge is 2.38. The van der Waals surface area contributed by atoms with Crippen LogP contribution in [-0.2, 0) is 16.1 Å². The zero-order chi connectivity index (χ0) is 23.7. The van der Waals surface area contributed by atoms with E-state index in [1.54, 1.807) is 41.4 Å². The largest absolute Gasteiger partial charge is 0.494 e. The molecule has 34 heavy (non-hydrogen) atoms. The number of benzene rings is 2. The number of nitrogens with zero attached hydrogens (tertiary/aromatic N) is 4. The maximum Gasteiger partial charge on any atom is 0.234 e. The number of methoxy groups -OCH3 is 1. The molecule has 1 aliphatic heterocycles. The van der Waals surface area contributed by atoms with Crippen molar-refractivity contribution in [1.82, 2.24) is 9.97 Å². The molecule has 7 nitrogen and oxygen atoms in total. The Bertz CT molecular complexity index is 1350. The van der Waals surface area contributed by atoms with Crippen LogP contribution in [-0.4, -0.2) is 35.4 Å². The van der Waals surface area contributed by atoms with Gasteiger partial charge in [-0.3, -0.25) is 19.5 Å². The van der Waals surface area contributed by atoms with Gasteiger partial charge >= 0.3 is 0 Å². The van der Waals surface area contributed by atoms with Crippen LogP contribution in [0.5, 0.6) is 5.75 Å². The predicted octanol–water partition coefficient (Wildman–Crippen LogP) is 4.94. The molecule has 0 saturated carbocycles. The SMILES string of the molecule is COc1ccc(Cl)c2sc(N(Cc3cccnc3)C(=O)C3CC(=O)N(c4ccccc4)C3)nc12. The highest BCUT2D eigenvalue weighted by atomic mass is 35.5. The smallest absolute Gasteiger partial charge is 0.234 e. The average Bonchev–Trinajstić information content (AvgIpc) is 3.48. The molecular formula is C25H21ClN4O3S. The van der Waals surface area contributed by atoms with E-state index < -0.39 is 5.92 Å². The number of pyridine rings is 1. The molecule has 1 saturated heterocycles. The van der Waals surface area contributed by atoms with E-state index in [1.807, 2.05) is 42.5 Å². The maximum absolute atomic E-state index is 13.8. The summed E-state index contributed by atoms with van der Waals surface area (Å²) >= 11 is 7.76. The number of thiazole rings is 1. The summed E-state index contributed by atoms with van der Waals surface area (Å²) in [5.74, 6) is -0.139. The van der Waals surface area contributed by atoms with Gasteiger partial charge in [-0.15, -0.1) is 0 Å². The zero-order valence-corrected chi connectivity index (χ0v) is 19.9. The minimum atomic E-state index is -0.492. The molecule has 9 heteroatoms.